The van der Waals surface area contributed by atoms with E-state index in [0.29, 0.717) is 26.4 Å². The molecule has 3 aromatic rings. The molecule has 42 heavy (non-hydrogen) atoms. The van der Waals surface area contributed by atoms with Gasteiger partial charge in [0.25, 0.3) is 0 Å². The molecule has 1 heterocycles. The van der Waals surface area contributed by atoms with Crippen molar-refractivity contribution < 1.29 is 33.2 Å². The van der Waals surface area contributed by atoms with E-state index in [4.69, 9.17) is 28.4 Å². The average Bonchev–Trinajstić information content (AvgIpc) is 3.00. The van der Waals surface area contributed by atoms with E-state index in [1.54, 1.807) is 0 Å². The molecule has 7 heteroatoms. The molecule has 0 radical (unpaired) electrons. The lowest BCUT2D eigenvalue weighted by Crippen LogP contribution is -2.67. The standard InChI is InChI=1S/C35H44O7/c1-4-5-22-41-35(21-23-37-28(3)36)34(40-26-31-19-13-8-14-20-31)33(39-25-30-17-11-7-12-18-30)32(27(2)42-35)38-24-29-15-9-6-10-16-29/h6-20,27,32-34H,4-5,21-26H2,1-3H3/t27-,32+,33+,34-,35+/m0/s1. The molecule has 0 spiro atoms. The van der Waals surface area contributed by atoms with Crippen molar-refractivity contribution in [2.45, 2.75) is 90.1 Å². The van der Waals surface area contributed by atoms with Crippen LogP contribution >= 0.6 is 0 Å². The highest BCUT2D eigenvalue weighted by Crippen LogP contribution is 2.40. The summed E-state index contributed by atoms with van der Waals surface area (Å²) >= 11 is 0. The fraction of sp³-hybridized carbons (Fsp3) is 0.457. The van der Waals surface area contributed by atoms with Gasteiger partial charge >= 0.3 is 5.97 Å². The molecule has 1 saturated heterocycles. The van der Waals surface area contributed by atoms with Crippen molar-refractivity contribution >= 4 is 5.97 Å². The van der Waals surface area contributed by atoms with Gasteiger partial charge in [-0.05, 0) is 30.0 Å². The van der Waals surface area contributed by atoms with Crippen LogP contribution in [0.4, 0.5) is 0 Å². The maximum absolute atomic E-state index is 11.7. The Morgan fingerprint density at radius 2 is 1.24 bits per heavy atom. The van der Waals surface area contributed by atoms with Gasteiger partial charge in [-0.2, -0.15) is 0 Å². The van der Waals surface area contributed by atoms with E-state index in [0.717, 1.165) is 29.5 Å². The van der Waals surface area contributed by atoms with Gasteiger partial charge in [0.1, 0.15) is 18.3 Å². The Balaban J connectivity index is 1.68. The summed E-state index contributed by atoms with van der Waals surface area (Å²) in [4.78, 5) is 11.7. The quantitative estimate of drug-likeness (QED) is 0.140. The zero-order valence-electron chi connectivity index (χ0n) is 25.0. The van der Waals surface area contributed by atoms with E-state index in [1.165, 1.54) is 6.92 Å². The summed E-state index contributed by atoms with van der Waals surface area (Å²) in [6.45, 7) is 7.17. The van der Waals surface area contributed by atoms with Crippen LogP contribution in [0.15, 0.2) is 91.0 Å². The maximum atomic E-state index is 11.7. The van der Waals surface area contributed by atoms with Crippen molar-refractivity contribution in [3.8, 4) is 0 Å². The lowest BCUT2D eigenvalue weighted by Gasteiger charge is -2.51. The van der Waals surface area contributed by atoms with E-state index < -0.39 is 30.2 Å². The van der Waals surface area contributed by atoms with E-state index in [-0.39, 0.29) is 19.0 Å². The maximum Gasteiger partial charge on any atom is 0.302 e. The van der Waals surface area contributed by atoms with Gasteiger partial charge in [0.15, 0.2) is 0 Å². The van der Waals surface area contributed by atoms with Crippen molar-refractivity contribution in [3.05, 3.63) is 108 Å². The number of ether oxygens (including phenoxy) is 6. The van der Waals surface area contributed by atoms with Crippen molar-refractivity contribution in [1.29, 1.82) is 0 Å². The van der Waals surface area contributed by atoms with Crippen LogP contribution in [0.3, 0.4) is 0 Å². The first-order chi connectivity index (χ1) is 20.5. The highest BCUT2D eigenvalue weighted by Gasteiger charge is 2.56. The molecule has 0 bridgehead atoms. The Hall–Kier alpha value is -3.07. The number of esters is 1. The highest BCUT2D eigenvalue weighted by atomic mass is 16.7. The molecular weight excluding hydrogens is 532 g/mol. The van der Waals surface area contributed by atoms with Crippen LogP contribution in [-0.2, 0) is 53.0 Å². The molecule has 226 valence electrons. The predicted molar refractivity (Wildman–Crippen MR) is 160 cm³/mol. The molecule has 0 saturated carbocycles. The third-order valence-corrected chi connectivity index (χ3v) is 7.35. The second kappa shape index (κ2) is 16.5. The number of unbranched alkanes of at least 4 members (excludes halogenated alkanes) is 1. The monoisotopic (exact) mass is 576 g/mol. The summed E-state index contributed by atoms with van der Waals surface area (Å²) in [5, 5.41) is 0. The minimum Gasteiger partial charge on any atom is -0.466 e. The first-order valence-corrected chi connectivity index (χ1v) is 14.9. The lowest BCUT2D eigenvalue weighted by atomic mass is 9.90. The van der Waals surface area contributed by atoms with Crippen LogP contribution in [0.1, 0.15) is 56.7 Å². The number of hydrogen-bond acceptors (Lipinski definition) is 7. The number of carbonyl (C=O) groups excluding carboxylic acids is 1. The predicted octanol–water partition coefficient (Wildman–Crippen LogP) is 6.63. The Kier molecular flexibility index (Phi) is 12.5. The van der Waals surface area contributed by atoms with Gasteiger partial charge in [0.2, 0.25) is 5.79 Å². The molecular formula is C35H44O7. The van der Waals surface area contributed by atoms with Gasteiger partial charge in [-0.15, -0.1) is 0 Å². The molecule has 3 aromatic carbocycles. The van der Waals surface area contributed by atoms with Crippen molar-refractivity contribution in [3.63, 3.8) is 0 Å². The van der Waals surface area contributed by atoms with Crippen LogP contribution in [0.2, 0.25) is 0 Å². The second-order valence-electron chi connectivity index (χ2n) is 10.7. The minimum absolute atomic E-state index is 0.125. The van der Waals surface area contributed by atoms with Gasteiger partial charge in [0, 0.05) is 13.3 Å². The molecule has 4 rings (SSSR count). The van der Waals surface area contributed by atoms with Gasteiger partial charge < -0.3 is 28.4 Å². The number of benzene rings is 3. The summed E-state index contributed by atoms with van der Waals surface area (Å²) in [6.07, 6.45) is 0.0306. The Labute approximate surface area is 250 Å². The zero-order valence-corrected chi connectivity index (χ0v) is 25.0. The van der Waals surface area contributed by atoms with Gasteiger partial charge in [-0.25, -0.2) is 0 Å². The summed E-state index contributed by atoms with van der Waals surface area (Å²) in [5.74, 6) is -1.57. The van der Waals surface area contributed by atoms with Gasteiger partial charge in [-0.3, -0.25) is 4.79 Å². The smallest absolute Gasteiger partial charge is 0.302 e. The SMILES string of the molecule is CCCCO[C@]1(CCOC(C)=O)O[C@@H](C)[C@@H](OCc2ccccc2)[C@@H](OCc2ccccc2)[C@@H]1OCc1ccccc1. The van der Waals surface area contributed by atoms with Crippen molar-refractivity contribution in [2.75, 3.05) is 13.2 Å². The molecule has 1 fully saturated rings. The van der Waals surface area contributed by atoms with Crippen LogP contribution in [0, 0.1) is 0 Å². The Morgan fingerprint density at radius 3 is 1.74 bits per heavy atom. The van der Waals surface area contributed by atoms with Crippen LogP contribution in [-0.4, -0.2) is 49.4 Å². The first-order valence-electron chi connectivity index (χ1n) is 14.9. The first kappa shape index (κ1) is 31.9. The summed E-state index contributed by atoms with van der Waals surface area (Å²) in [5.41, 5.74) is 3.11. The van der Waals surface area contributed by atoms with Crippen molar-refractivity contribution in [2.24, 2.45) is 0 Å². The van der Waals surface area contributed by atoms with Crippen LogP contribution in [0.5, 0.6) is 0 Å². The highest BCUT2D eigenvalue weighted by molar-refractivity contribution is 5.65. The van der Waals surface area contributed by atoms with E-state index in [2.05, 4.69) is 6.92 Å². The largest absolute Gasteiger partial charge is 0.466 e. The third-order valence-electron chi connectivity index (χ3n) is 7.35. The summed E-state index contributed by atoms with van der Waals surface area (Å²) in [6, 6.07) is 30.1. The fourth-order valence-electron chi connectivity index (χ4n) is 5.18. The molecule has 0 aromatic heterocycles. The number of rotatable bonds is 16. The number of hydrogen-bond donors (Lipinski definition) is 0. The average molecular weight is 577 g/mol. The number of carbonyl (C=O) groups is 1. The molecule has 1 aliphatic rings. The van der Waals surface area contributed by atoms with E-state index >= 15 is 0 Å². The molecule has 5 atom stereocenters. The molecule has 0 aliphatic carbocycles. The van der Waals surface area contributed by atoms with Crippen LogP contribution < -0.4 is 0 Å². The molecule has 0 unspecified atom stereocenters. The zero-order chi connectivity index (χ0) is 29.6. The molecule has 1 aliphatic heterocycles. The Morgan fingerprint density at radius 1 is 0.738 bits per heavy atom. The van der Waals surface area contributed by atoms with Crippen LogP contribution in [0.25, 0.3) is 0 Å². The third kappa shape index (κ3) is 9.21. The topological polar surface area (TPSA) is 72.5 Å². The summed E-state index contributed by atoms with van der Waals surface area (Å²) < 4.78 is 38.7. The molecule has 0 amide bonds. The molecule has 0 N–H and O–H groups in total. The lowest BCUT2D eigenvalue weighted by molar-refractivity contribution is -0.380. The van der Waals surface area contributed by atoms with E-state index in [9.17, 15) is 4.79 Å². The summed E-state index contributed by atoms with van der Waals surface area (Å²) in [7, 11) is 0. The van der Waals surface area contributed by atoms with Gasteiger partial charge in [-0.1, -0.05) is 104 Å². The normalized spacial score (nSPS) is 23.9. The van der Waals surface area contributed by atoms with Gasteiger partial charge in [0.05, 0.1) is 39.1 Å². The van der Waals surface area contributed by atoms with E-state index in [1.807, 2.05) is 97.9 Å². The second-order valence-corrected chi connectivity index (χ2v) is 10.7. The van der Waals surface area contributed by atoms with Crippen molar-refractivity contribution in [1.82, 2.24) is 0 Å². The molecule has 7 nitrogen and oxygen atoms in total. The fourth-order valence-corrected chi connectivity index (χ4v) is 5.18. The Bertz CT molecular complexity index is 1170. The minimum atomic E-state index is -1.22.